The van der Waals surface area contributed by atoms with E-state index in [4.69, 9.17) is 9.47 Å². The molecule has 1 aromatic heterocycles. The van der Waals surface area contributed by atoms with Crippen LogP contribution >= 0.6 is 0 Å². The molecule has 188 valence electrons. The summed E-state index contributed by atoms with van der Waals surface area (Å²) in [6.07, 6.45) is -0.756. The van der Waals surface area contributed by atoms with Gasteiger partial charge in [0, 0.05) is 0 Å². The second-order valence-electron chi connectivity index (χ2n) is 9.97. The molecule has 0 N–H and O–H groups in total. The van der Waals surface area contributed by atoms with Crippen LogP contribution in [0.1, 0.15) is 47.8 Å². The number of benzene rings is 3. The number of rotatable bonds is 7. The van der Waals surface area contributed by atoms with Crippen molar-refractivity contribution in [1.82, 2.24) is 19.9 Å². The average molecular weight is 495 g/mol. The zero-order valence-electron chi connectivity index (χ0n) is 21.0. The van der Waals surface area contributed by atoms with E-state index >= 15 is 0 Å². The van der Waals surface area contributed by atoms with Crippen LogP contribution in [0.15, 0.2) is 91.0 Å². The molecule has 2 atom stereocenters. The normalized spacial score (nSPS) is 19.0. The van der Waals surface area contributed by atoms with Gasteiger partial charge in [-0.3, -0.25) is 4.90 Å². The zero-order chi connectivity index (χ0) is 25.4. The number of carbonyl (C=O) groups is 1. The van der Waals surface area contributed by atoms with Gasteiger partial charge in [-0.1, -0.05) is 110 Å². The van der Waals surface area contributed by atoms with E-state index in [9.17, 15) is 4.79 Å². The summed E-state index contributed by atoms with van der Waals surface area (Å²) >= 11 is 0. The molecule has 0 bridgehead atoms. The third kappa shape index (κ3) is 4.00. The first-order valence-electron chi connectivity index (χ1n) is 12.8. The summed E-state index contributed by atoms with van der Waals surface area (Å²) in [5.74, 6) is 0.237. The smallest absolute Gasteiger partial charge is 0.411 e. The van der Waals surface area contributed by atoms with E-state index in [0.717, 1.165) is 28.1 Å². The maximum Gasteiger partial charge on any atom is 0.411 e. The molecule has 7 nitrogen and oxygen atoms in total. The number of aromatic nitrogens is 3. The minimum absolute atomic E-state index is 0.179. The van der Waals surface area contributed by atoms with Gasteiger partial charge in [0.15, 0.2) is 0 Å². The lowest BCUT2D eigenvalue weighted by Crippen LogP contribution is -2.46. The van der Waals surface area contributed by atoms with Gasteiger partial charge in [-0.2, -0.15) is 0 Å². The Balaban J connectivity index is 1.37. The Morgan fingerprint density at radius 3 is 1.97 bits per heavy atom. The minimum Gasteiger partial charge on any atom is -0.441 e. The Kier molecular flexibility index (Phi) is 6.00. The molecule has 0 radical (unpaired) electrons. The number of nitrogens with zero attached hydrogens (tertiary/aromatic N) is 4. The van der Waals surface area contributed by atoms with E-state index in [1.54, 1.807) is 4.90 Å². The second-order valence-corrected chi connectivity index (χ2v) is 9.97. The van der Waals surface area contributed by atoms with Crippen molar-refractivity contribution in [2.45, 2.75) is 50.6 Å². The summed E-state index contributed by atoms with van der Waals surface area (Å²) in [7, 11) is 0. The quantitative estimate of drug-likeness (QED) is 0.334. The number of fused-ring (bicyclic) bond motifs is 2. The number of hydrogen-bond donors (Lipinski definition) is 0. The number of cyclic esters (lactones) is 1. The van der Waals surface area contributed by atoms with E-state index < -0.39 is 11.7 Å². The Hall–Kier alpha value is -3.97. The summed E-state index contributed by atoms with van der Waals surface area (Å²) in [5, 5.41) is 8.76. The summed E-state index contributed by atoms with van der Waals surface area (Å²) in [6, 6.07) is 30.5. The Morgan fingerprint density at radius 1 is 0.919 bits per heavy atom. The van der Waals surface area contributed by atoms with Gasteiger partial charge >= 0.3 is 6.09 Å². The molecule has 3 heterocycles. The maximum absolute atomic E-state index is 13.0. The van der Waals surface area contributed by atoms with Gasteiger partial charge in [0.2, 0.25) is 0 Å². The van der Waals surface area contributed by atoms with Gasteiger partial charge in [0.1, 0.15) is 11.7 Å². The predicted molar refractivity (Wildman–Crippen MR) is 139 cm³/mol. The summed E-state index contributed by atoms with van der Waals surface area (Å²) in [4.78, 5) is 14.8. The highest BCUT2D eigenvalue weighted by atomic mass is 16.6. The van der Waals surface area contributed by atoms with Crippen LogP contribution < -0.4 is 0 Å². The molecule has 1 saturated heterocycles. The standard InChI is InChI=1S/C30H30N4O3/c1-21(2)28-26-18-33-25(19-34(26)32-31-28)27(37-29(33)35)20-36-30(22-12-6-3-7-13-22,23-14-8-4-9-15-23)24-16-10-5-11-17-24/h3-17,21,25,27H,18-20H2,1-2H3/t25-,27-/m1/s1. The van der Waals surface area contributed by atoms with Gasteiger partial charge in [-0.05, 0) is 22.6 Å². The van der Waals surface area contributed by atoms with Crippen LogP contribution in [0.5, 0.6) is 0 Å². The first-order valence-corrected chi connectivity index (χ1v) is 12.8. The monoisotopic (exact) mass is 494 g/mol. The van der Waals surface area contributed by atoms with Crippen LogP contribution in [0.25, 0.3) is 0 Å². The van der Waals surface area contributed by atoms with Crippen molar-refractivity contribution in [1.29, 1.82) is 0 Å². The predicted octanol–water partition coefficient (Wildman–Crippen LogP) is 5.11. The minimum atomic E-state index is -0.874. The molecular formula is C30H30N4O3. The van der Waals surface area contributed by atoms with Crippen molar-refractivity contribution < 1.29 is 14.3 Å². The van der Waals surface area contributed by atoms with E-state index in [2.05, 4.69) is 60.6 Å². The van der Waals surface area contributed by atoms with Crippen molar-refractivity contribution >= 4 is 6.09 Å². The number of hydrogen-bond acceptors (Lipinski definition) is 5. The van der Waals surface area contributed by atoms with Crippen molar-refractivity contribution in [3.05, 3.63) is 119 Å². The highest BCUT2D eigenvalue weighted by Crippen LogP contribution is 2.41. The fourth-order valence-corrected chi connectivity index (χ4v) is 5.57. The summed E-state index contributed by atoms with van der Waals surface area (Å²) in [5.41, 5.74) is 4.08. The summed E-state index contributed by atoms with van der Waals surface area (Å²) in [6.45, 7) is 5.39. The van der Waals surface area contributed by atoms with Crippen LogP contribution in [0.3, 0.4) is 0 Å². The third-order valence-corrected chi connectivity index (χ3v) is 7.42. The van der Waals surface area contributed by atoms with Crippen LogP contribution in [-0.4, -0.2) is 44.7 Å². The first-order chi connectivity index (χ1) is 18.1. The van der Waals surface area contributed by atoms with Crippen LogP contribution in [0, 0.1) is 0 Å². The molecule has 6 rings (SSSR count). The van der Waals surface area contributed by atoms with E-state index in [1.165, 1.54) is 0 Å². The molecule has 0 saturated carbocycles. The van der Waals surface area contributed by atoms with E-state index in [-0.39, 0.29) is 24.7 Å². The Morgan fingerprint density at radius 2 is 1.46 bits per heavy atom. The van der Waals surface area contributed by atoms with Gasteiger partial charge in [-0.15, -0.1) is 5.10 Å². The van der Waals surface area contributed by atoms with Crippen molar-refractivity contribution in [3.8, 4) is 0 Å². The Labute approximate surface area is 216 Å². The van der Waals surface area contributed by atoms with Crippen molar-refractivity contribution in [3.63, 3.8) is 0 Å². The van der Waals surface area contributed by atoms with Gasteiger partial charge < -0.3 is 9.47 Å². The van der Waals surface area contributed by atoms with Crippen LogP contribution in [0.4, 0.5) is 4.79 Å². The van der Waals surface area contributed by atoms with Gasteiger partial charge in [-0.25, -0.2) is 9.48 Å². The zero-order valence-corrected chi connectivity index (χ0v) is 21.0. The summed E-state index contributed by atoms with van der Waals surface area (Å²) < 4.78 is 14.8. The Bertz CT molecular complexity index is 1280. The van der Waals surface area contributed by atoms with E-state index in [0.29, 0.717) is 13.1 Å². The fraction of sp³-hybridized carbons (Fsp3) is 0.300. The fourth-order valence-electron chi connectivity index (χ4n) is 5.57. The molecule has 4 aromatic rings. The van der Waals surface area contributed by atoms with Crippen LogP contribution in [0.2, 0.25) is 0 Å². The van der Waals surface area contributed by atoms with Crippen molar-refractivity contribution in [2.75, 3.05) is 6.61 Å². The molecule has 2 aliphatic rings. The van der Waals surface area contributed by atoms with E-state index in [1.807, 2.05) is 59.3 Å². The number of carbonyl (C=O) groups excluding carboxylic acids is 1. The third-order valence-electron chi connectivity index (χ3n) is 7.42. The molecule has 0 aliphatic carbocycles. The molecule has 3 aromatic carbocycles. The van der Waals surface area contributed by atoms with Crippen LogP contribution in [-0.2, 0) is 28.2 Å². The lowest BCUT2D eigenvalue weighted by Gasteiger charge is -2.37. The highest BCUT2D eigenvalue weighted by Gasteiger charge is 2.48. The molecule has 0 unspecified atom stereocenters. The molecule has 2 aliphatic heterocycles. The van der Waals surface area contributed by atoms with Gasteiger partial charge in [0.25, 0.3) is 0 Å². The molecule has 1 amide bonds. The number of amides is 1. The maximum atomic E-state index is 13.0. The topological polar surface area (TPSA) is 69.5 Å². The molecule has 0 spiro atoms. The lowest BCUT2D eigenvalue weighted by molar-refractivity contribution is -0.0400. The second kappa shape index (κ2) is 9.48. The van der Waals surface area contributed by atoms with Gasteiger partial charge in [0.05, 0.1) is 37.1 Å². The molecule has 1 fully saturated rings. The average Bonchev–Trinajstić information content (AvgIpc) is 3.50. The number of ether oxygens (including phenoxy) is 2. The SMILES string of the molecule is CC(C)c1nnn2c1CN1C(=O)O[C@H](COC(c3ccccc3)(c3ccccc3)c3ccccc3)[C@H]1C2. The molecule has 7 heteroatoms. The molecular weight excluding hydrogens is 464 g/mol. The molecule has 37 heavy (non-hydrogen) atoms. The largest absolute Gasteiger partial charge is 0.441 e. The van der Waals surface area contributed by atoms with Crippen molar-refractivity contribution in [2.24, 2.45) is 0 Å². The first kappa shape index (κ1) is 23.4. The lowest BCUT2D eigenvalue weighted by atomic mass is 9.80. The highest BCUT2D eigenvalue weighted by molar-refractivity contribution is 5.71.